The average molecular weight is 332 g/mol. The molecule has 1 saturated heterocycles. The Morgan fingerprint density at radius 3 is 2.33 bits per heavy atom. The predicted octanol–water partition coefficient (Wildman–Crippen LogP) is 5.56. The minimum atomic E-state index is 0.0850. The fourth-order valence-electron chi connectivity index (χ4n) is 3.17. The van der Waals surface area contributed by atoms with Crippen LogP contribution < -0.4 is 4.74 Å². The van der Waals surface area contributed by atoms with Gasteiger partial charge in [0.1, 0.15) is 18.0 Å². The Balaban J connectivity index is 1.83. The first-order chi connectivity index (χ1) is 11.7. The lowest BCUT2D eigenvalue weighted by Gasteiger charge is -2.18. The van der Waals surface area contributed by atoms with Crippen LogP contribution in [-0.4, -0.2) is 24.1 Å². The number of Topliss-reactive ketones (excluding diaryl/α,β-unsaturated/α-hetero) is 1. The van der Waals surface area contributed by atoms with E-state index in [1.807, 2.05) is 24.3 Å². The summed E-state index contributed by atoms with van der Waals surface area (Å²) in [6.07, 6.45) is 10.5. The lowest BCUT2D eigenvalue weighted by Crippen LogP contribution is -2.25. The molecule has 3 nitrogen and oxygen atoms in total. The van der Waals surface area contributed by atoms with Crippen molar-refractivity contribution in [1.29, 1.82) is 0 Å². The third-order valence-corrected chi connectivity index (χ3v) is 4.78. The molecule has 0 aromatic heterocycles. The van der Waals surface area contributed by atoms with Gasteiger partial charge in [-0.1, -0.05) is 46.0 Å². The first-order valence-electron chi connectivity index (χ1n) is 9.58. The number of ketones is 1. The zero-order valence-corrected chi connectivity index (χ0v) is 15.4. The maximum absolute atomic E-state index is 11.4. The number of ether oxygens (including phenoxy) is 2. The van der Waals surface area contributed by atoms with Crippen LogP contribution in [0.3, 0.4) is 0 Å². The van der Waals surface area contributed by atoms with E-state index in [0.717, 1.165) is 24.2 Å². The summed E-state index contributed by atoms with van der Waals surface area (Å²) in [5.74, 6) is 0.920. The third-order valence-electron chi connectivity index (χ3n) is 4.78. The molecule has 0 bridgehead atoms. The maximum Gasteiger partial charge on any atom is 0.159 e. The Kier molecular flexibility index (Phi) is 7.77. The normalized spacial score (nSPS) is 20.6. The van der Waals surface area contributed by atoms with E-state index in [1.54, 1.807) is 6.92 Å². The van der Waals surface area contributed by atoms with Crippen molar-refractivity contribution < 1.29 is 14.3 Å². The molecule has 1 fully saturated rings. The summed E-state index contributed by atoms with van der Waals surface area (Å²) in [5.41, 5.74) is 0.726. The zero-order valence-electron chi connectivity index (χ0n) is 15.4. The van der Waals surface area contributed by atoms with E-state index in [-0.39, 0.29) is 18.0 Å². The third kappa shape index (κ3) is 5.94. The molecular weight excluding hydrogens is 300 g/mol. The molecule has 0 saturated carbocycles. The van der Waals surface area contributed by atoms with Crippen LogP contribution in [0.15, 0.2) is 24.3 Å². The molecular formula is C21H32O3. The summed E-state index contributed by atoms with van der Waals surface area (Å²) in [6.45, 7) is 5.99. The first kappa shape index (κ1) is 19.0. The lowest BCUT2D eigenvalue weighted by atomic mass is 10.0. The highest BCUT2D eigenvalue weighted by Crippen LogP contribution is 2.33. The van der Waals surface area contributed by atoms with Gasteiger partial charge in [0.15, 0.2) is 5.78 Å². The van der Waals surface area contributed by atoms with Crippen molar-refractivity contribution in [2.75, 3.05) is 0 Å². The predicted molar refractivity (Wildman–Crippen MR) is 97.8 cm³/mol. The standard InChI is InChI=1S/C21H32O3/c1-4-6-7-8-9-10-11-20(21-19(5-2)24-21)23-18-14-12-17(13-15-18)16(3)22/h12-15,19-21H,4-11H2,1-3H3. The fourth-order valence-corrected chi connectivity index (χ4v) is 3.17. The van der Waals surface area contributed by atoms with Crippen LogP contribution in [0, 0.1) is 0 Å². The van der Waals surface area contributed by atoms with Gasteiger partial charge in [0.25, 0.3) is 0 Å². The van der Waals surface area contributed by atoms with Crippen LogP contribution in [-0.2, 0) is 4.74 Å². The number of hydrogen-bond donors (Lipinski definition) is 0. The maximum atomic E-state index is 11.4. The van der Waals surface area contributed by atoms with Gasteiger partial charge in [0.2, 0.25) is 0 Å². The van der Waals surface area contributed by atoms with E-state index in [1.165, 1.54) is 38.5 Å². The van der Waals surface area contributed by atoms with Gasteiger partial charge < -0.3 is 9.47 Å². The SMILES string of the molecule is CCCCCCCCC(Oc1ccc(C(C)=O)cc1)C1OC1CC. The molecule has 1 aromatic rings. The summed E-state index contributed by atoms with van der Waals surface area (Å²) < 4.78 is 12.0. The lowest BCUT2D eigenvalue weighted by molar-refractivity contribution is 0.101. The van der Waals surface area contributed by atoms with Gasteiger partial charge in [0.05, 0.1) is 6.10 Å². The van der Waals surface area contributed by atoms with E-state index < -0.39 is 0 Å². The quantitative estimate of drug-likeness (QED) is 0.285. The van der Waals surface area contributed by atoms with Crippen LogP contribution >= 0.6 is 0 Å². The van der Waals surface area contributed by atoms with E-state index in [2.05, 4.69) is 13.8 Å². The smallest absolute Gasteiger partial charge is 0.159 e. The highest BCUT2D eigenvalue weighted by molar-refractivity contribution is 5.94. The van der Waals surface area contributed by atoms with Crippen molar-refractivity contribution in [1.82, 2.24) is 0 Å². The van der Waals surface area contributed by atoms with Crippen molar-refractivity contribution >= 4 is 5.78 Å². The van der Waals surface area contributed by atoms with E-state index >= 15 is 0 Å². The average Bonchev–Trinajstić information content (AvgIpc) is 3.37. The summed E-state index contributed by atoms with van der Waals surface area (Å²) in [6, 6.07) is 7.47. The molecule has 1 aliphatic heterocycles. The van der Waals surface area contributed by atoms with Crippen molar-refractivity contribution in [2.24, 2.45) is 0 Å². The molecule has 0 aliphatic carbocycles. The number of hydrogen-bond acceptors (Lipinski definition) is 3. The zero-order chi connectivity index (χ0) is 17.4. The number of benzene rings is 1. The van der Waals surface area contributed by atoms with E-state index in [0.29, 0.717) is 6.10 Å². The van der Waals surface area contributed by atoms with Gasteiger partial charge in [-0.2, -0.15) is 0 Å². The Morgan fingerprint density at radius 1 is 1.08 bits per heavy atom. The highest BCUT2D eigenvalue weighted by Gasteiger charge is 2.44. The van der Waals surface area contributed by atoms with E-state index in [9.17, 15) is 4.79 Å². The number of unbranched alkanes of at least 4 members (excludes halogenated alkanes) is 5. The number of epoxide rings is 1. The van der Waals surface area contributed by atoms with Crippen molar-refractivity contribution in [3.63, 3.8) is 0 Å². The highest BCUT2D eigenvalue weighted by atomic mass is 16.6. The van der Waals surface area contributed by atoms with Gasteiger partial charge in [0, 0.05) is 5.56 Å². The summed E-state index contributed by atoms with van der Waals surface area (Å²) in [4.78, 5) is 11.4. The number of carbonyl (C=O) groups excluding carboxylic acids is 1. The van der Waals surface area contributed by atoms with Crippen LogP contribution in [0.2, 0.25) is 0 Å². The molecule has 24 heavy (non-hydrogen) atoms. The molecule has 0 amide bonds. The molecule has 0 spiro atoms. The largest absolute Gasteiger partial charge is 0.488 e. The minimum absolute atomic E-state index is 0.0850. The second-order valence-electron chi connectivity index (χ2n) is 6.84. The molecule has 1 aliphatic rings. The Morgan fingerprint density at radius 2 is 1.75 bits per heavy atom. The van der Waals surface area contributed by atoms with Crippen molar-refractivity contribution in [2.45, 2.75) is 90.4 Å². The van der Waals surface area contributed by atoms with Gasteiger partial charge in [-0.3, -0.25) is 4.79 Å². The summed E-state index contributed by atoms with van der Waals surface area (Å²) >= 11 is 0. The molecule has 1 heterocycles. The number of rotatable bonds is 12. The monoisotopic (exact) mass is 332 g/mol. The van der Waals surface area contributed by atoms with Gasteiger partial charge >= 0.3 is 0 Å². The topological polar surface area (TPSA) is 38.8 Å². The first-order valence-corrected chi connectivity index (χ1v) is 9.58. The van der Waals surface area contributed by atoms with Crippen LogP contribution in [0.25, 0.3) is 0 Å². The second-order valence-corrected chi connectivity index (χ2v) is 6.84. The van der Waals surface area contributed by atoms with Crippen molar-refractivity contribution in [3.8, 4) is 5.75 Å². The minimum Gasteiger partial charge on any atom is -0.488 e. The van der Waals surface area contributed by atoms with E-state index in [4.69, 9.17) is 9.47 Å². The summed E-state index contributed by atoms with van der Waals surface area (Å²) in [7, 11) is 0. The number of carbonyl (C=O) groups is 1. The summed E-state index contributed by atoms with van der Waals surface area (Å²) in [5, 5.41) is 0. The molecule has 3 unspecified atom stereocenters. The second kappa shape index (κ2) is 9.83. The van der Waals surface area contributed by atoms with Crippen LogP contribution in [0.4, 0.5) is 0 Å². The van der Waals surface area contributed by atoms with Crippen molar-refractivity contribution in [3.05, 3.63) is 29.8 Å². The van der Waals surface area contributed by atoms with Crippen LogP contribution in [0.1, 0.15) is 82.5 Å². The molecule has 3 atom stereocenters. The molecule has 0 radical (unpaired) electrons. The molecule has 1 aromatic carbocycles. The Bertz CT molecular complexity index is 494. The van der Waals surface area contributed by atoms with Gasteiger partial charge in [-0.25, -0.2) is 0 Å². The molecule has 2 rings (SSSR count). The fraction of sp³-hybridized carbons (Fsp3) is 0.667. The molecule has 0 N–H and O–H groups in total. The van der Waals surface area contributed by atoms with Gasteiger partial charge in [-0.05, 0) is 50.5 Å². The Hall–Kier alpha value is -1.35. The van der Waals surface area contributed by atoms with Gasteiger partial charge in [-0.15, -0.1) is 0 Å². The molecule has 3 heteroatoms. The van der Waals surface area contributed by atoms with Crippen LogP contribution in [0.5, 0.6) is 5.75 Å². The Labute approximate surface area is 146 Å². The molecule has 134 valence electrons.